The van der Waals surface area contributed by atoms with E-state index in [4.69, 9.17) is 5.14 Å². The fraction of sp³-hybridized carbons (Fsp3) is 0.636. The van der Waals surface area contributed by atoms with Gasteiger partial charge >= 0.3 is 0 Å². The molecule has 0 unspecified atom stereocenters. The zero-order valence-corrected chi connectivity index (χ0v) is 12.3. The largest absolute Gasteiger partial charge is 0.350 e. The van der Waals surface area contributed by atoms with Crippen molar-refractivity contribution >= 4 is 15.9 Å². The minimum atomic E-state index is -4.00. The average molecular weight is 288 g/mol. The summed E-state index contributed by atoms with van der Waals surface area (Å²) in [4.78, 5) is 11.7. The van der Waals surface area contributed by atoms with Gasteiger partial charge < -0.3 is 5.32 Å². The molecule has 7 nitrogen and oxygen atoms in total. The number of amides is 1. The van der Waals surface area contributed by atoms with Gasteiger partial charge in [-0.25, -0.2) is 13.6 Å². The monoisotopic (exact) mass is 288 g/mol. The van der Waals surface area contributed by atoms with E-state index in [1.54, 1.807) is 13.8 Å². The highest BCUT2D eigenvalue weighted by molar-refractivity contribution is 7.89. The second-order valence-corrected chi connectivity index (χ2v) is 6.62. The van der Waals surface area contributed by atoms with Crippen molar-refractivity contribution in [2.75, 3.05) is 6.54 Å². The van der Waals surface area contributed by atoms with E-state index in [0.29, 0.717) is 12.2 Å². The van der Waals surface area contributed by atoms with Gasteiger partial charge in [-0.15, -0.1) is 0 Å². The van der Waals surface area contributed by atoms with Gasteiger partial charge in [-0.1, -0.05) is 27.7 Å². The summed E-state index contributed by atoms with van der Waals surface area (Å²) in [5.74, 6) is -0.418. The van der Waals surface area contributed by atoms with Crippen molar-refractivity contribution in [3.05, 3.63) is 11.4 Å². The Hall–Kier alpha value is -1.41. The highest BCUT2D eigenvalue weighted by Crippen LogP contribution is 2.23. The number of nitrogens with two attached hydrogens (primary N) is 1. The predicted octanol–water partition coefficient (Wildman–Crippen LogP) is 0.566. The lowest BCUT2D eigenvalue weighted by atomic mass is 10.1. The van der Waals surface area contributed by atoms with Gasteiger partial charge in [0.05, 0.1) is 5.69 Å². The normalized spacial score (nSPS) is 12.2. The second-order valence-electron chi connectivity index (χ2n) is 5.12. The van der Waals surface area contributed by atoms with Crippen LogP contribution in [0.25, 0.3) is 0 Å². The summed E-state index contributed by atoms with van der Waals surface area (Å²) in [6.45, 7) is 7.89. The van der Waals surface area contributed by atoms with E-state index in [1.165, 1.54) is 0 Å². The molecule has 0 fully saturated rings. The van der Waals surface area contributed by atoms with E-state index in [0.717, 1.165) is 0 Å². The molecule has 0 atom stereocenters. The Bertz CT molecular complexity index is 560. The summed E-state index contributed by atoms with van der Waals surface area (Å²) in [5, 5.41) is 14.2. The molecule has 1 aromatic rings. The molecule has 1 amide bonds. The minimum absolute atomic E-state index is 0.132. The molecular weight excluding hydrogens is 268 g/mol. The van der Waals surface area contributed by atoms with E-state index in [2.05, 4.69) is 15.5 Å². The van der Waals surface area contributed by atoms with Crippen molar-refractivity contribution in [3.63, 3.8) is 0 Å². The lowest BCUT2D eigenvalue weighted by Gasteiger charge is -2.08. The first-order chi connectivity index (χ1) is 8.64. The third kappa shape index (κ3) is 3.77. The molecule has 0 aliphatic carbocycles. The van der Waals surface area contributed by atoms with Gasteiger partial charge in [0.2, 0.25) is 10.0 Å². The molecule has 1 rings (SSSR count). The molecule has 0 bridgehead atoms. The van der Waals surface area contributed by atoms with E-state index >= 15 is 0 Å². The van der Waals surface area contributed by atoms with Crippen LogP contribution in [0.3, 0.4) is 0 Å². The van der Waals surface area contributed by atoms with Crippen LogP contribution in [-0.2, 0) is 10.0 Å². The number of carbonyl (C=O) groups is 1. The maximum atomic E-state index is 11.9. The van der Waals surface area contributed by atoms with E-state index < -0.39 is 15.9 Å². The van der Waals surface area contributed by atoms with Gasteiger partial charge in [0.15, 0.2) is 5.69 Å². The molecule has 1 aromatic heterocycles. The third-order valence-corrected chi connectivity index (χ3v) is 3.48. The second kappa shape index (κ2) is 5.70. The molecule has 8 heteroatoms. The quantitative estimate of drug-likeness (QED) is 0.733. The maximum absolute atomic E-state index is 11.9. The molecule has 19 heavy (non-hydrogen) atoms. The number of sulfonamides is 1. The van der Waals surface area contributed by atoms with Gasteiger partial charge in [0, 0.05) is 6.54 Å². The van der Waals surface area contributed by atoms with Crippen molar-refractivity contribution in [1.82, 2.24) is 15.5 Å². The molecule has 0 aliphatic heterocycles. The fourth-order valence-electron chi connectivity index (χ4n) is 1.56. The topological polar surface area (TPSA) is 118 Å². The van der Waals surface area contributed by atoms with Crippen LogP contribution in [0.2, 0.25) is 0 Å². The number of H-pyrrole nitrogens is 1. The van der Waals surface area contributed by atoms with Crippen molar-refractivity contribution in [3.8, 4) is 0 Å². The van der Waals surface area contributed by atoms with Crippen LogP contribution in [0.1, 0.15) is 49.8 Å². The molecule has 0 spiro atoms. The van der Waals surface area contributed by atoms with Crippen LogP contribution in [0.5, 0.6) is 0 Å². The number of aromatic amines is 1. The summed E-state index contributed by atoms with van der Waals surface area (Å²) in [5.41, 5.74) is 0.170. The van der Waals surface area contributed by atoms with Crippen LogP contribution in [0, 0.1) is 5.92 Å². The fourth-order valence-corrected chi connectivity index (χ4v) is 2.55. The van der Waals surface area contributed by atoms with Gasteiger partial charge in [-0.05, 0) is 11.8 Å². The molecule has 0 saturated carbocycles. The number of primary sulfonamides is 1. The number of hydrogen-bond donors (Lipinski definition) is 3. The van der Waals surface area contributed by atoms with Crippen molar-refractivity contribution in [2.45, 2.75) is 38.5 Å². The van der Waals surface area contributed by atoms with E-state index in [-0.39, 0.29) is 22.4 Å². The van der Waals surface area contributed by atoms with Crippen LogP contribution in [0.15, 0.2) is 4.90 Å². The molecule has 0 aromatic carbocycles. The summed E-state index contributed by atoms with van der Waals surface area (Å²) >= 11 is 0. The average Bonchev–Trinajstić information content (AvgIpc) is 2.69. The first-order valence-corrected chi connectivity index (χ1v) is 7.58. The highest BCUT2D eigenvalue weighted by Gasteiger charge is 2.28. The Balaban J connectivity index is 3.19. The number of aromatic nitrogens is 2. The van der Waals surface area contributed by atoms with Crippen molar-refractivity contribution in [1.29, 1.82) is 0 Å². The summed E-state index contributed by atoms with van der Waals surface area (Å²) < 4.78 is 23.2. The summed E-state index contributed by atoms with van der Waals surface area (Å²) in [6.07, 6.45) is 0. The highest BCUT2D eigenvalue weighted by atomic mass is 32.2. The molecule has 108 valence electrons. The lowest BCUT2D eigenvalue weighted by molar-refractivity contribution is 0.0940. The first-order valence-electron chi connectivity index (χ1n) is 6.03. The molecule has 1 heterocycles. The Morgan fingerprint density at radius 2 is 1.95 bits per heavy atom. The lowest BCUT2D eigenvalue weighted by Crippen LogP contribution is -2.29. The molecule has 0 aliphatic rings. The summed E-state index contributed by atoms with van der Waals surface area (Å²) in [6, 6.07) is 0. The number of carbonyl (C=O) groups excluding carboxylic acids is 1. The Labute approximate surface area is 113 Å². The van der Waals surface area contributed by atoms with Crippen LogP contribution < -0.4 is 10.5 Å². The van der Waals surface area contributed by atoms with Crippen LogP contribution in [0.4, 0.5) is 0 Å². The smallest absolute Gasteiger partial charge is 0.273 e. The molecular formula is C11H20N4O3S. The van der Waals surface area contributed by atoms with E-state index in [1.807, 2.05) is 13.8 Å². The van der Waals surface area contributed by atoms with Gasteiger partial charge in [-0.3, -0.25) is 9.89 Å². The Kier molecular flexibility index (Phi) is 4.70. The Morgan fingerprint density at radius 1 is 1.37 bits per heavy atom. The van der Waals surface area contributed by atoms with Crippen LogP contribution in [-0.4, -0.2) is 31.1 Å². The maximum Gasteiger partial charge on any atom is 0.273 e. The van der Waals surface area contributed by atoms with Gasteiger partial charge in [0.25, 0.3) is 5.91 Å². The predicted molar refractivity (Wildman–Crippen MR) is 71.2 cm³/mol. The number of nitrogens with one attached hydrogen (secondary N) is 2. The molecule has 0 radical (unpaired) electrons. The number of rotatable bonds is 5. The zero-order valence-electron chi connectivity index (χ0n) is 11.5. The third-order valence-electron chi connectivity index (χ3n) is 2.50. The molecule has 4 N–H and O–H groups in total. The van der Waals surface area contributed by atoms with Crippen molar-refractivity contribution < 1.29 is 13.2 Å². The Morgan fingerprint density at radius 3 is 2.37 bits per heavy atom. The number of hydrogen-bond acceptors (Lipinski definition) is 4. The van der Waals surface area contributed by atoms with Crippen LogP contribution >= 0.6 is 0 Å². The van der Waals surface area contributed by atoms with Crippen molar-refractivity contribution in [2.24, 2.45) is 11.1 Å². The van der Waals surface area contributed by atoms with E-state index in [9.17, 15) is 13.2 Å². The SMILES string of the molecule is CC(C)CNC(=O)c1n[nH]c(C(C)C)c1S(N)(=O)=O. The van der Waals surface area contributed by atoms with Gasteiger partial charge in [-0.2, -0.15) is 5.10 Å². The molecule has 0 saturated heterocycles. The first kappa shape index (κ1) is 15.6. The standard InChI is InChI=1S/C11H20N4O3S/c1-6(2)5-13-11(16)9-10(19(12,17)18)8(7(3)4)14-15-9/h6-7H,5H2,1-4H3,(H,13,16)(H,14,15)(H2,12,17,18). The minimum Gasteiger partial charge on any atom is -0.350 e. The summed E-state index contributed by atoms with van der Waals surface area (Å²) in [7, 11) is -4.00. The van der Waals surface area contributed by atoms with Gasteiger partial charge in [0.1, 0.15) is 4.90 Å². The zero-order chi connectivity index (χ0) is 14.8. The number of nitrogens with zero attached hydrogens (tertiary/aromatic N) is 1.